The lowest BCUT2D eigenvalue weighted by Gasteiger charge is -2.09. The van der Waals surface area contributed by atoms with Gasteiger partial charge in [0.2, 0.25) is 0 Å². The number of aryl methyl sites for hydroxylation is 1. The number of methoxy groups -OCH3 is 1. The molecule has 0 bridgehead atoms. The molecule has 0 amide bonds. The molecule has 0 aromatic heterocycles. The summed E-state index contributed by atoms with van der Waals surface area (Å²) in [6, 6.07) is 18.4. The molecule has 144 valence electrons. The van der Waals surface area contributed by atoms with Crippen LogP contribution in [-0.4, -0.2) is 21.7 Å². The zero-order valence-electron chi connectivity index (χ0n) is 15.3. The fourth-order valence-corrected chi connectivity index (χ4v) is 3.57. The SMILES string of the molecule is COc1ccc(N=Cc2ccc(OS(=O)(=O)c3ccc(C)cc3)c(Cl)c2)cc1. The van der Waals surface area contributed by atoms with Crippen LogP contribution in [0.5, 0.6) is 11.5 Å². The Hall–Kier alpha value is -2.83. The first-order valence-electron chi connectivity index (χ1n) is 8.36. The highest BCUT2D eigenvalue weighted by Gasteiger charge is 2.18. The van der Waals surface area contributed by atoms with Crippen LogP contribution in [0.1, 0.15) is 11.1 Å². The molecule has 0 heterocycles. The predicted octanol–water partition coefficient (Wildman–Crippen LogP) is 5.18. The minimum Gasteiger partial charge on any atom is -0.497 e. The van der Waals surface area contributed by atoms with Gasteiger partial charge in [-0.05, 0) is 67.1 Å². The van der Waals surface area contributed by atoms with E-state index >= 15 is 0 Å². The van der Waals surface area contributed by atoms with Crippen molar-refractivity contribution in [3.8, 4) is 11.5 Å². The Morgan fingerprint density at radius 1 is 0.964 bits per heavy atom. The highest BCUT2D eigenvalue weighted by atomic mass is 35.5. The Balaban J connectivity index is 1.76. The summed E-state index contributed by atoms with van der Waals surface area (Å²) >= 11 is 6.20. The predicted molar refractivity (Wildman–Crippen MR) is 111 cm³/mol. The number of halogens is 1. The number of ether oxygens (including phenoxy) is 1. The maximum absolute atomic E-state index is 12.4. The smallest absolute Gasteiger partial charge is 0.339 e. The van der Waals surface area contributed by atoms with Gasteiger partial charge in [0, 0.05) is 6.21 Å². The highest BCUT2D eigenvalue weighted by Crippen LogP contribution is 2.28. The van der Waals surface area contributed by atoms with Gasteiger partial charge in [0.1, 0.15) is 10.6 Å². The zero-order chi connectivity index (χ0) is 20.1. The Bertz CT molecular complexity index is 1090. The van der Waals surface area contributed by atoms with Crippen molar-refractivity contribution in [2.75, 3.05) is 7.11 Å². The van der Waals surface area contributed by atoms with Crippen molar-refractivity contribution in [1.82, 2.24) is 0 Å². The summed E-state index contributed by atoms with van der Waals surface area (Å²) < 4.78 is 35.1. The summed E-state index contributed by atoms with van der Waals surface area (Å²) in [6.07, 6.45) is 1.63. The minimum atomic E-state index is -3.96. The van der Waals surface area contributed by atoms with E-state index in [9.17, 15) is 8.42 Å². The molecule has 5 nitrogen and oxygen atoms in total. The van der Waals surface area contributed by atoms with E-state index < -0.39 is 10.1 Å². The van der Waals surface area contributed by atoms with Gasteiger partial charge in [-0.1, -0.05) is 29.3 Å². The molecule has 28 heavy (non-hydrogen) atoms. The second-order valence-corrected chi connectivity index (χ2v) is 7.95. The molecular weight excluding hydrogens is 398 g/mol. The van der Waals surface area contributed by atoms with Crippen molar-refractivity contribution in [3.63, 3.8) is 0 Å². The molecule has 0 radical (unpaired) electrons. The van der Waals surface area contributed by atoms with Crippen LogP contribution in [0.3, 0.4) is 0 Å². The van der Waals surface area contributed by atoms with Gasteiger partial charge in [-0.3, -0.25) is 4.99 Å². The molecular formula is C21H18ClNO4S. The van der Waals surface area contributed by atoms with Crippen molar-refractivity contribution in [1.29, 1.82) is 0 Å². The van der Waals surface area contributed by atoms with Gasteiger partial charge >= 0.3 is 10.1 Å². The van der Waals surface area contributed by atoms with Gasteiger partial charge in [0.05, 0.1) is 17.8 Å². The summed E-state index contributed by atoms with van der Waals surface area (Å²) in [5.41, 5.74) is 2.41. The van der Waals surface area contributed by atoms with Crippen molar-refractivity contribution >= 4 is 33.6 Å². The third-order valence-electron chi connectivity index (χ3n) is 3.90. The van der Waals surface area contributed by atoms with E-state index in [1.807, 2.05) is 31.2 Å². The van der Waals surface area contributed by atoms with E-state index in [0.717, 1.165) is 17.0 Å². The molecule has 0 spiro atoms. The van der Waals surface area contributed by atoms with E-state index in [0.29, 0.717) is 5.56 Å². The molecule has 0 aliphatic heterocycles. The number of hydrogen-bond donors (Lipinski definition) is 0. The van der Waals surface area contributed by atoms with Crippen LogP contribution in [0.25, 0.3) is 0 Å². The molecule has 7 heteroatoms. The number of nitrogens with zero attached hydrogens (tertiary/aromatic N) is 1. The van der Waals surface area contributed by atoms with E-state index in [-0.39, 0.29) is 15.7 Å². The van der Waals surface area contributed by atoms with E-state index in [1.165, 1.54) is 18.2 Å². The Kier molecular flexibility index (Phi) is 6.02. The summed E-state index contributed by atoms with van der Waals surface area (Å²) in [5, 5.41) is 0.175. The zero-order valence-corrected chi connectivity index (χ0v) is 16.9. The summed E-state index contributed by atoms with van der Waals surface area (Å²) in [6.45, 7) is 1.88. The lowest BCUT2D eigenvalue weighted by molar-refractivity contribution is 0.415. The topological polar surface area (TPSA) is 65.0 Å². The Labute approximate surface area is 169 Å². The fourth-order valence-electron chi connectivity index (χ4n) is 2.35. The molecule has 3 aromatic rings. The first-order chi connectivity index (χ1) is 13.4. The van der Waals surface area contributed by atoms with E-state index in [2.05, 4.69) is 4.99 Å². The highest BCUT2D eigenvalue weighted by molar-refractivity contribution is 7.87. The molecule has 0 unspecified atom stereocenters. The Morgan fingerprint density at radius 3 is 2.25 bits per heavy atom. The van der Waals surface area contributed by atoms with Crippen LogP contribution >= 0.6 is 11.6 Å². The lowest BCUT2D eigenvalue weighted by Crippen LogP contribution is -2.10. The van der Waals surface area contributed by atoms with Gasteiger partial charge in [0.15, 0.2) is 5.75 Å². The van der Waals surface area contributed by atoms with E-state index in [4.69, 9.17) is 20.5 Å². The van der Waals surface area contributed by atoms with Gasteiger partial charge in [-0.25, -0.2) is 0 Å². The molecule has 0 atom stereocenters. The van der Waals surface area contributed by atoms with Gasteiger partial charge < -0.3 is 8.92 Å². The number of benzene rings is 3. The summed E-state index contributed by atoms with van der Waals surface area (Å²) in [5.74, 6) is 0.808. The van der Waals surface area contributed by atoms with Crippen molar-refractivity contribution in [2.24, 2.45) is 4.99 Å². The van der Waals surface area contributed by atoms with Crippen LogP contribution in [0, 0.1) is 6.92 Å². The molecule has 0 N–H and O–H groups in total. The summed E-state index contributed by atoms with van der Waals surface area (Å²) in [7, 11) is -2.36. The third-order valence-corrected chi connectivity index (χ3v) is 5.44. The minimum absolute atomic E-state index is 0.0591. The number of hydrogen-bond acceptors (Lipinski definition) is 5. The van der Waals surface area contributed by atoms with Crippen LogP contribution < -0.4 is 8.92 Å². The second kappa shape index (κ2) is 8.46. The van der Waals surface area contributed by atoms with Gasteiger partial charge in [-0.15, -0.1) is 0 Å². The van der Waals surface area contributed by atoms with Crippen LogP contribution in [0.2, 0.25) is 5.02 Å². The largest absolute Gasteiger partial charge is 0.497 e. The third kappa shape index (κ3) is 4.91. The first-order valence-corrected chi connectivity index (χ1v) is 10.1. The molecule has 3 rings (SSSR count). The monoisotopic (exact) mass is 415 g/mol. The average Bonchev–Trinajstić information content (AvgIpc) is 2.69. The van der Waals surface area contributed by atoms with Crippen molar-refractivity contribution < 1.29 is 17.3 Å². The van der Waals surface area contributed by atoms with Crippen LogP contribution in [0.4, 0.5) is 5.69 Å². The maximum atomic E-state index is 12.4. The molecule has 0 saturated heterocycles. The maximum Gasteiger partial charge on any atom is 0.339 e. The molecule has 0 fully saturated rings. The molecule has 0 saturated carbocycles. The lowest BCUT2D eigenvalue weighted by atomic mass is 10.2. The second-order valence-electron chi connectivity index (χ2n) is 6.00. The van der Waals surface area contributed by atoms with Crippen molar-refractivity contribution in [2.45, 2.75) is 11.8 Å². The van der Waals surface area contributed by atoms with Gasteiger partial charge in [0.25, 0.3) is 0 Å². The van der Waals surface area contributed by atoms with Gasteiger partial charge in [-0.2, -0.15) is 8.42 Å². The molecule has 3 aromatic carbocycles. The normalized spacial score (nSPS) is 11.5. The first kappa shape index (κ1) is 19.9. The quantitative estimate of drug-likeness (QED) is 0.411. The molecule has 0 aliphatic rings. The van der Waals surface area contributed by atoms with Crippen LogP contribution in [0.15, 0.2) is 76.6 Å². The number of aliphatic imine (C=N–C) groups is 1. The Morgan fingerprint density at radius 2 is 1.64 bits per heavy atom. The van der Waals surface area contributed by atoms with Crippen molar-refractivity contribution in [3.05, 3.63) is 82.9 Å². The van der Waals surface area contributed by atoms with E-state index in [1.54, 1.807) is 37.6 Å². The summed E-state index contributed by atoms with van der Waals surface area (Å²) in [4.78, 5) is 4.42. The standard InChI is InChI=1S/C21H18ClNO4S/c1-15-3-10-19(11-4-15)28(24,25)27-21-12-5-16(13-20(21)22)14-23-17-6-8-18(26-2)9-7-17/h3-14H,1-2H3. The van der Waals surface area contributed by atoms with Crippen LogP contribution in [-0.2, 0) is 10.1 Å². The number of rotatable bonds is 6. The average molecular weight is 416 g/mol. The molecule has 0 aliphatic carbocycles. The fraction of sp³-hybridized carbons (Fsp3) is 0.0952.